The van der Waals surface area contributed by atoms with Crippen LogP contribution in [0.2, 0.25) is 0 Å². The number of methoxy groups -OCH3 is 1. The van der Waals surface area contributed by atoms with Crippen LogP contribution in [0.3, 0.4) is 0 Å². The van der Waals surface area contributed by atoms with Gasteiger partial charge in [-0.2, -0.15) is 0 Å². The Bertz CT molecular complexity index is 595. The molecule has 0 bridgehead atoms. The number of hydrogen-bond acceptors (Lipinski definition) is 4. The van der Waals surface area contributed by atoms with Crippen LogP contribution in [0.4, 0.5) is 4.39 Å². The highest BCUT2D eigenvalue weighted by molar-refractivity contribution is 7.91. The van der Waals surface area contributed by atoms with E-state index in [1.807, 2.05) is 0 Å². The fraction of sp³-hybridized carbons (Fsp3) is 0.462. The van der Waals surface area contributed by atoms with Gasteiger partial charge in [0.15, 0.2) is 21.4 Å². The highest BCUT2D eigenvalue weighted by Crippen LogP contribution is 2.23. The van der Waals surface area contributed by atoms with Crippen molar-refractivity contribution >= 4 is 15.6 Å². The Balaban J connectivity index is 2.05. The van der Waals surface area contributed by atoms with Crippen molar-refractivity contribution in [3.8, 4) is 5.75 Å². The van der Waals surface area contributed by atoms with Crippen LogP contribution < -0.4 is 4.74 Å². The van der Waals surface area contributed by atoms with Crippen LogP contribution in [-0.2, 0) is 21.1 Å². The molecule has 0 aromatic heterocycles. The van der Waals surface area contributed by atoms with Gasteiger partial charge in [-0.05, 0) is 24.1 Å². The van der Waals surface area contributed by atoms with Gasteiger partial charge in [0.05, 0.1) is 18.6 Å². The predicted octanol–water partition coefficient (Wildman–Crippen LogP) is 1.38. The minimum atomic E-state index is -3.07. The molecule has 4 nitrogen and oxygen atoms in total. The lowest BCUT2D eigenvalue weighted by atomic mass is 9.97. The third-order valence-electron chi connectivity index (χ3n) is 3.28. The summed E-state index contributed by atoms with van der Waals surface area (Å²) >= 11 is 0. The smallest absolute Gasteiger partial charge is 0.165 e. The first-order valence-corrected chi connectivity index (χ1v) is 7.79. The number of benzene rings is 1. The molecule has 1 saturated heterocycles. The van der Waals surface area contributed by atoms with E-state index in [9.17, 15) is 17.6 Å². The van der Waals surface area contributed by atoms with E-state index in [0.717, 1.165) is 0 Å². The third kappa shape index (κ3) is 3.32. The number of ketones is 1. The van der Waals surface area contributed by atoms with Gasteiger partial charge in [-0.15, -0.1) is 0 Å². The lowest BCUT2D eigenvalue weighted by Crippen LogP contribution is -2.18. The van der Waals surface area contributed by atoms with Crippen LogP contribution in [0, 0.1) is 11.7 Å². The minimum Gasteiger partial charge on any atom is -0.494 e. The number of halogens is 1. The van der Waals surface area contributed by atoms with Gasteiger partial charge in [0.2, 0.25) is 0 Å². The molecular weight excluding hydrogens is 271 g/mol. The SMILES string of the molecule is COc1ccc(CC(=O)C2CCS(=O)(=O)C2)cc1F. The highest BCUT2D eigenvalue weighted by Gasteiger charge is 2.32. The molecule has 0 aliphatic carbocycles. The topological polar surface area (TPSA) is 60.4 Å². The largest absolute Gasteiger partial charge is 0.494 e. The number of Topliss-reactive ketones (excluding diaryl/α,β-unsaturated/α-hetero) is 1. The summed E-state index contributed by atoms with van der Waals surface area (Å²) in [4.78, 5) is 12.0. The Hall–Kier alpha value is -1.43. The van der Waals surface area contributed by atoms with Gasteiger partial charge in [-0.3, -0.25) is 4.79 Å². The number of carbonyl (C=O) groups is 1. The number of hydrogen-bond donors (Lipinski definition) is 0. The van der Waals surface area contributed by atoms with Gasteiger partial charge < -0.3 is 4.74 Å². The van der Waals surface area contributed by atoms with Crippen LogP contribution in [0.25, 0.3) is 0 Å². The summed E-state index contributed by atoms with van der Waals surface area (Å²) in [7, 11) is -1.70. The van der Waals surface area contributed by atoms with E-state index in [1.165, 1.54) is 19.2 Å². The molecule has 1 unspecified atom stereocenters. The number of rotatable bonds is 4. The summed E-state index contributed by atoms with van der Waals surface area (Å²) < 4.78 is 40.9. The molecule has 0 N–H and O–H groups in total. The van der Waals surface area contributed by atoms with Gasteiger partial charge in [-0.25, -0.2) is 12.8 Å². The summed E-state index contributed by atoms with van der Waals surface area (Å²) in [6.07, 6.45) is 0.431. The van der Waals surface area contributed by atoms with Crippen molar-refractivity contribution in [2.24, 2.45) is 5.92 Å². The Morgan fingerprint density at radius 1 is 1.47 bits per heavy atom. The molecule has 1 aromatic rings. The molecule has 1 fully saturated rings. The van der Waals surface area contributed by atoms with Crippen LogP contribution in [0.15, 0.2) is 18.2 Å². The lowest BCUT2D eigenvalue weighted by Gasteiger charge is -2.08. The second kappa shape index (κ2) is 5.28. The summed E-state index contributed by atoms with van der Waals surface area (Å²) in [5, 5.41) is 0. The van der Waals surface area contributed by atoms with Crippen molar-refractivity contribution in [3.05, 3.63) is 29.6 Å². The molecule has 104 valence electrons. The Kier molecular flexibility index (Phi) is 3.89. The quantitative estimate of drug-likeness (QED) is 0.839. The van der Waals surface area contributed by atoms with E-state index in [4.69, 9.17) is 4.74 Å². The van der Waals surface area contributed by atoms with Crippen molar-refractivity contribution in [3.63, 3.8) is 0 Å². The van der Waals surface area contributed by atoms with Crippen LogP contribution in [0.5, 0.6) is 5.75 Å². The molecule has 1 aliphatic heterocycles. The Labute approximate surface area is 111 Å². The average Bonchev–Trinajstić information content (AvgIpc) is 2.70. The summed E-state index contributed by atoms with van der Waals surface area (Å²) in [6, 6.07) is 4.33. The molecule has 1 aliphatic rings. The molecular formula is C13H15FO4S. The van der Waals surface area contributed by atoms with Gasteiger partial charge in [-0.1, -0.05) is 6.07 Å². The van der Waals surface area contributed by atoms with E-state index >= 15 is 0 Å². The molecule has 6 heteroatoms. The zero-order valence-electron chi connectivity index (χ0n) is 10.6. The van der Waals surface area contributed by atoms with Crippen LogP contribution in [0.1, 0.15) is 12.0 Å². The maximum Gasteiger partial charge on any atom is 0.165 e. The third-order valence-corrected chi connectivity index (χ3v) is 5.05. The van der Waals surface area contributed by atoms with E-state index in [-0.39, 0.29) is 29.5 Å². The maximum absolute atomic E-state index is 13.5. The number of sulfone groups is 1. The van der Waals surface area contributed by atoms with Crippen molar-refractivity contribution in [1.29, 1.82) is 0 Å². The van der Waals surface area contributed by atoms with Crippen molar-refractivity contribution < 1.29 is 22.3 Å². The fourth-order valence-corrected chi connectivity index (χ4v) is 3.99. The van der Waals surface area contributed by atoms with E-state index in [1.54, 1.807) is 6.07 Å². The maximum atomic E-state index is 13.5. The molecule has 1 heterocycles. The van der Waals surface area contributed by atoms with E-state index in [0.29, 0.717) is 12.0 Å². The monoisotopic (exact) mass is 286 g/mol. The standard InChI is InChI=1S/C13H15FO4S/c1-18-13-3-2-9(6-11(13)14)7-12(15)10-4-5-19(16,17)8-10/h2-3,6,10H,4-5,7-8H2,1H3. The Morgan fingerprint density at radius 2 is 2.21 bits per heavy atom. The minimum absolute atomic E-state index is 0.0566. The van der Waals surface area contributed by atoms with E-state index < -0.39 is 21.6 Å². The van der Waals surface area contributed by atoms with Gasteiger partial charge in [0.1, 0.15) is 5.78 Å². The molecule has 0 saturated carbocycles. The summed E-state index contributed by atoms with van der Waals surface area (Å²) in [5.74, 6) is -1.00. The molecule has 1 atom stereocenters. The highest BCUT2D eigenvalue weighted by atomic mass is 32.2. The fourth-order valence-electron chi connectivity index (χ4n) is 2.21. The molecule has 0 radical (unpaired) electrons. The second-order valence-electron chi connectivity index (χ2n) is 4.71. The van der Waals surface area contributed by atoms with Gasteiger partial charge >= 0.3 is 0 Å². The molecule has 0 amide bonds. The summed E-state index contributed by atoms with van der Waals surface area (Å²) in [6.45, 7) is 0. The van der Waals surface area contributed by atoms with Gasteiger partial charge in [0.25, 0.3) is 0 Å². The zero-order valence-corrected chi connectivity index (χ0v) is 11.4. The van der Waals surface area contributed by atoms with Gasteiger partial charge in [0, 0.05) is 12.3 Å². The first-order chi connectivity index (χ1) is 8.91. The molecule has 0 spiro atoms. The predicted molar refractivity (Wildman–Crippen MR) is 68.4 cm³/mol. The number of ether oxygens (including phenoxy) is 1. The molecule has 19 heavy (non-hydrogen) atoms. The van der Waals surface area contributed by atoms with Crippen LogP contribution in [-0.4, -0.2) is 32.8 Å². The van der Waals surface area contributed by atoms with E-state index in [2.05, 4.69) is 0 Å². The van der Waals surface area contributed by atoms with Crippen LogP contribution >= 0.6 is 0 Å². The first kappa shape index (κ1) is 14.0. The molecule has 2 rings (SSSR count). The van der Waals surface area contributed by atoms with Crippen molar-refractivity contribution in [1.82, 2.24) is 0 Å². The zero-order chi connectivity index (χ0) is 14.0. The van der Waals surface area contributed by atoms with Crippen molar-refractivity contribution in [2.45, 2.75) is 12.8 Å². The normalized spacial score (nSPS) is 21.3. The summed E-state index contributed by atoms with van der Waals surface area (Å²) in [5.41, 5.74) is 0.535. The average molecular weight is 286 g/mol. The second-order valence-corrected chi connectivity index (χ2v) is 6.94. The van der Waals surface area contributed by atoms with Crippen molar-refractivity contribution in [2.75, 3.05) is 18.6 Å². The number of carbonyl (C=O) groups excluding carboxylic acids is 1. The first-order valence-electron chi connectivity index (χ1n) is 5.97. The lowest BCUT2D eigenvalue weighted by molar-refractivity contribution is -0.121. The Morgan fingerprint density at radius 3 is 2.74 bits per heavy atom. The molecule has 1 aromatic carbocycles.